The van der Waals surface area contributed by atoms with Crippen LogP contribution in [0.4, 0.5) is 0 Å². The smallest absolute Gasteiger partial charge is 0.00975 e. The fraction of sp³-hybridized carbons (Fsp3) is 1.00. The Bertz CT molecular complexity index is 205. The van der Waals surface area contributed by atoms with Crippen molar-refractivity contribution in [3.05, 3.63) is 0 Å². The van der Waals surface area contributed by atoms with Crippen LogP contribution >= 0.6 is 0 Å². The highest BCUT2D eigenvalue weighted by atomic mass is 15.1. The van der Waals surface area contributed by atoms with Crippen LogP contribution in [-0.4, -0.2) is 30.1 Å². The molecule has 17 heavy (non-hydrogen) atoms. The Kier molecular flexibility index (Phi) is 5.94. The van der Waals surface area contributed by atoms with Crippen molar-refractivity contribution in [2.75, 3.05) is 19.6 Å². The van der Waals surface area contributed by atoms with Crippen molar-refractivity contribution in [1.82, 2.24) is 4.90 Å². The molecule has 2 heteroatoms. The molecule has 1 unspecified atom stereocenters. The maximum absolute atomic E-state index is 6.03. The fourth-order valence-electron chi connectivity index (χ4n) is 2.83. The van der Waals surface area contributed by atoms with Gasteiger partial charge in [0.2, 0.25) is 0 Å². The van der Waals surface area contributed by atoms with Gasteiger partial charge in [-0.1, -0.05) is 13.8 Å². The Labute approximate surface area is 108 Å². The Hall–Kier alpha value is -0.0800. The van der Waals surface area contributed by atoms with Crippen LogP contribution in [-0.2, 0) is 0 Å². The third-order valence-corrected chi connectivity index (χ3v) is 4.10. The van der Waals surface area contributed by atoms with E-state index in [4.69, 9.17) is 5.73 Å². The Balaban J connectivity index is 2.23. The van der Waals surface area contributed by atoms with Gasteiger partial charge in [0.05, 0.1) is 0 Å². The first-order valence-corrected chi connectivity index (χ1v) is 7.40. The number of hydrogen-bond donors (Lipinski definition) is 1. The zero-order chi connectivity index (χ0) is 12.9. The van der Waals surface area contributed by atoms with Gasteiger partial charge in [0.25, 0.3) is 0 Å². The fourth-order valence-corrected chi connectivity index (χ4v) is 2.83. The predicted molar refractivity (Wildman–Crippen MR) is 76.1 cm³/mol. The normalized spacial score (nSPS) is 24.0. The van der Waals surface area contributed by atoms with Crippen LogP contribution in [0, 0.1) is 11.8 Å². The monoisotopic (exact) mass is 240 g/mol. The molecule has 0 amide bonds. The third kappa shape index (κ3) is 6.42. The van der Waals surface area contributed by atoms with Gasteiger partial charge in [0.15, 0.2) is 0 Å². The van der Waals surface area contributed by atoms with Crippen LogP contribution in [0.2, 0.25) is 0 Å². The van der Waals surface area contributed by atoms with Gasteiger partial charge >= 0.3 is 0 Å². The third-order valence-electron chi connectivity index (χ3n) is 4.10. The van der Waals surface area contributed by atoms with Gasteiger partial charge < -0.3 is 10.6 Å². The number of hydrogen-bond acceptors (Lipinski definition) is 2. The summed E-state index contributed by atoms with van der Waals surface area (Å²) in [5.41, 5.74) is 6.03. The predicted octanol–water partition coefficient (Wildman–Crippen LogP) is 3.26. The van der Waals surface area contributed by atoms with E-state index in [0.717, 1.165) is 18.3 Å². The van der Waals surface area contributed by atoms with Crippen molar-refractivity contribution in [3.8, 4) is 0 Å². The van der Waals surface area contributed by atoms with Crippen molar-refractivity contribution in [1.29, 1.82) is 0 Å². The van der Waals surface area contributed by atoms with Gasteiger partial charge in [0.1, 0.15) is 0 Å². The quantitative estimate of drug-likeness (QED) is 0.799. The highest BCUT2D eigenvalue weighted by Crippen LogP contribution is 2.24. The average Bonchev–Trinajstić information content (AvgIpc) is 2.41. The lowest BCUT2D eigenvalue weighted by Gasteiger charge is -2.24. The second kappa shape index (κ2) is 6.75. The lowest BCUT2D eigenvalue weighted by Crippen LogP contribution is -2.34. The van der Waals surface area contributed by atoms with Crippen molar-refractivity contribution in [3.63, 3.8) is 0 Å². The molecular weight excluding hydrogens is 208 g/mol. The lowest BCUT2D eigenvalue weighted by molar-refractivity contribution is 0.259. The summed E-state index contributed by atoms with van der Waals surface area (Å²) in [6.45, 7) is 12.8. The van der Waals surface area contributed by atoms with Gasteiger partial charge in [-0.25, -0.2) is 0 Å². The summed E-state index contributed by atoms with van der Waals surface area (Å²) in [6, 6.07) is 0. The van der Waals surface area contributed by atoms with Crippen LogP contribution in [0.1, 0.15) is 59.8 Å². The second-order valence-electron chi connectivity index (χ2n) is 6.87. The maximum atomic E-state index is 6.03. The molecule has 1 aliphatic heterocycles. The SMILES string of the molecule is CC(C)C1CCCN(CCCC(C)(C)N)CC1. The molecule has 1 saturated heterocycles. The molecule has 1 atom stereocenters. The van der Waals surface area contributed by atoms with Gasteiger partial charge in [-0.3, -0.25) is 0 Å². The molecule has 0 aliphatic carbocycles. The molecule has 0 aromatic rings. The average molecular weight is 240 g/mol. The van der Waals surface area contributed by atoms with E-state index in [0.29, 0.717) is 0 Å². The van der Waals surface area contributed by atoms with Gasteiger partial charge in [-0.05, 0) is 77.4 Å². The van der Waals surface area contributed by atoms with Crippen molar-refractivity contribution in [2.24, 2.45) is 17.6 Å². The summed E-state index contributed by atoms with van der Waals surface area (Å²) < 4.78 is 0. The number of nitrogens with zero attached hydrogens (tertiary/aromatic N) is 1. The van der Waals surface area contributed by atoms with Crippen LogP contribution < -0.4 is 5.73 Å². The van der Waals surface area contributed by atoms with E-state index in [1.165, 1.54) is 45.3 Å². The molecule has 0 saturated carbocycles. The summed E-state index contributed by atoms with van der Waals surface area (Å²) in [7, 11) is 0. The Morgan fingerprint density at radius 3 is 2.53 bits per heavy atom. The molecule has 0 bridgehead atoms. The van der Waals surface area contributed by atoms with E-state index in [1.807, 2.05) is 0 Å². The highest BCUT2D eigenvalue weighted by molar-refractivity contribution is 4.75. The Morgan fingerprint density at radius 2 is 1.94 bits per heavy atom. The standard InChI is InChI=1S/C15H32N2/c1-13(2)14-7-5-10-17(12-8-14)11-6-9-15(3,4)16/h13-14H,5-12,16H2,1-4H3. The minimum Gasteiger partial charge on any atom is -0.326 e. The summed E-state index contributed by atoms with van der Waals surface area (Å²) >= 11 is 0. The van der Waals surface area contributed by atoms with Gasteiger partial charge in [-0.2, -0.15) is 0 Å². The molecule has 0 spiro atoms. The Morgan fingerprint density at radius 1 is 1.24 bits per heavy atom. The van der Waals surface area contributed by atoms with Crippen molar-refractivity contribution < 1.29 is 0 Å². The number of rotatable bonds is 5. The summed E-state index contributed by atoms with van der Waals surface area (Å²) in [6.07, 6.45) is 6.59. The maximum Gasteiger partial charge on any atom is 0.00975 e. The first kappa shape index (κ1) is 15.0. The lowest BCUT2D eigenvalue weighted by atomic mass is 9.89. The molecule has 1 aliphatic rings. The minimum absolute atomic E-state index is 0.00627. The molecule has 1 rings (SSSR count). The van der Waals surface area contributed by atoms with Crippen LogP contribution in [0.25, 0.3) is 0 Å². The topological polar surface area (TPSA) is 29.3 Å². The number of likely N-dealkylation sites (tertiary alicyclic amines) is 1. The van der Waals surface area contributed by atoms with E-state index < -0.39 is 0 Å². The highest BCUT2D eigenvalue weighted by Gasteiger charge is 2.19. The first-order valence-electron chi connectivity index (χ1n) is 7.40. The molecule has 1 heterocycles. The minimum atomic E-state index is 0.00627. The molecule has 0 aromatic carbocycles. The largest absolute Gasteiger partial charge is 0.326 e. The van der Waals surface area contributed by atoms with Crippen LogP contribution in [0.15, 0.2) is 0 Å². The van der Waals surface area contributed by atoms with Gasteiger partial charge in [0, 0.05) is 5.54 Å². The van der Waals surface area contributed by atoms with E-state index in [1.54, 1.807) is 0 Å². The first-order chi connectivity index (χ1) is 7.88. The molecule has 1 fully saturated rings. The van der Waals surface area contributed by atoms with E-state index in [2.05, 4.69) is 32.6 Å². The zero-order valence-corrected chi connectivity index (χ0v) is 12.3. The van der Waals surface area contributed by atoms with E-state index in [-0.39, 0.29) is 5.54 Å². The van der Waals surface area contributed by atoms with Crippen LogP contribution in [0.3, 0.4) is 0 Å². The molecule has 2 nitrogen and oxygen atoms in total. The van der Waals surface area contributed by atoms with Crippen molar-refractivity contribution in [2.45, 2.75) is 65.3 Å². The molecule has 0 aromatic heterocycles. The summed E-state index contributed by atoms with van der Waals surface area (Å²) in [5, 5.41) is 0. The zero-order valence-electron chi connectivity index (χ0n) is 12.3. The van der Waals surface area contributed by atoms with Crippen molar-refractivity contribution >= 4 is 0 Å². The van der Waals surface area contributed by atoms with E-state index >= 15 is 0 Å². The molecule has 2 N–H and O–H groups in total. The second-order valence-corrected chi connectivity index (χ2v) is 6.87. The van der Waals surface area contributed by atoms with E-state index in [9.17, 15) is 0 Å². The molecule has 102 valence electrons. The molecule has 0 radical (unpaired) electrons. The number of nitrogens with two attached hydrogens (primary N) is 1. The summed E-state index contributed by atoms with van der Waals surface area (Å²) in [4.78, 5) is 2.65. The molecular formula is C15H32N2. The van der Waals surface area contributed by atoms with Gasteiger partial charge in [-0.15, -0.1) is 0 Å². The summed E-state index contributed by atoms with van der Waals surface area (Å²) in [5.74, 6) is 1.81. The van der Waals surface area contributed by atoms with Crippen LogP contribution in [0.5, 0.6) is 0 Å².